The van der Waals surface area contributed by atoms with Gasteiger partial charge in [0.1, 0.15) is 24.5 Å². The summed E-state index contributed by atoms with van der Waals surface area (Å²) in [5, 5.41) is 2.91. The number of nitrogens with zero attached hydrogens (tertiary/aromatic N) is 1. The van der Waals surface area contributed by atoms with Gasteiger partial charge in [-0.1, -0.05) is 71.9 Å². The van der Waals surface area contributed by atoms with Crippen molar-refractivity contribution in [2.24, 2.45) is 0 Å². The molecule has 0 spiro atoms. The van der Waals surface area contributed by atoms with E-state index in [-0.39, 0.29) is 12.5 Å². The Morgan fingerprint density at radius 2 is 1.63 bits per heavy atom. The minimum Gasteiger partial charge on any atom is -0.466 e. The quantitative estimate of drug-likeness (QED) is 0.481. The Morgan fingerprint density at radius 1 is 0.971 bits per heavy atom. The van der Waals surface area contributed by atoms with Crippen LogP contribution in [0.3, 0.4) is 0 Å². The molecule has 2 aliphatic heterocycles. The van der Waals surface area contributed by atoms with E-state index in [1.165, 1.54) is 11.2 Å². The SMILES string of the molecule is CC(C)[Si](O[C@@H]1NC(=O)C(N2C(=O)OC[C@@H]2c2ccccc2)C(c2ccco2)O1)(C(C)C)C(C)C. The highest BCUT2D eigenvalue weighted by Crippen LogP contribution is 2.45. The van der Waals surface area contributed by atoms with Gasteiger partial charge in [-0.15, -0.1) is 0 Å². The molecular formula is C26H36N2O6Si. The molecule has 8 nitrogen and oxygen atoms in total. The second kappa shape index (κ2) is 10.2. The second-order valence-electron chi connectivity index (χ2n) is 10.2. The van der Waals surface area contributed by atoms with Gasteiger partial charge in [-0.05, 0) is 34.3 Å². The summed E-state index contributed by atoms with van der Waals surface area (Å²) in [6, 6.07) is 11.6. The fourth-order valence-corrected chi connectivity index (χ4v) is 11.2. The second-order valence-corrected chi connectivity index (χ2v) is 15.6. The van der Waals surface area contributed by atoms with E-state index in [0.717, 1.165) is 5.56 Å². The minimum atomic E-state index is -2.37. The number of cyclic esters (lactones) is 1. The van der Waals surface area contributed by atoms with Crippen LogP contribution in [-0.4, -0.2) is 44.3 Å². The zero-order valence-corrected chi connectivity index (χ0v) is 22.3. The van der Waals surface area contributed by atoms with Gasteiger partial charge in [0.2, 0.25) is 20.6 Å². The van der Waals surface area contributed by atoms with Crippen molar-refractivity contribution >= 4 is 20.3 Å². The third-order valence-electron chi connectivity index (χ3n) is 7.32. The highest BCUT2D eigenvalue weighted by atomic mass is 28.4. The first kappa shape index (κ1) is 25.5. The number of furan rings is 1. The average Bonchev–Trinajstić information content (AvgIpc) is 3.47. The molecule has 4 atom stereocenters. The first-order chi connectivity index (χ1) is 16.7. The van der Waals surface area contributed by atoms with Crippen molar-refractivity contribution in [3.8, 4) is 0 Å². The molecule has 2 aliphatic rings. The Labute approximate surface area is 208 Å². The van der Waals surface area contributed by atoms with Crippen LogP contribution in [0.2, 0.25) is 16.6 Å². The molecule has 2 amide bonds. The molecule has 3 heterocycles. The molecule has 2 unspecified atom stereocenters. The Kier molecular flexibility index (Phi) is 7.39. The molecule has 0 radical (unpaired) electrons. The van der Waals surface area contributed by atoms with Crippen LogP contribution < -0.4 is 5.32 Å². The Bertz CT molecular complexity index is 988. The molecule has 190 valence electrons. The number of carbonyl (C=O) groups excluding carboxylic acids is 2. The van der Waals surface area contributed by atoms with Crippen molar-refractivity contribution in [2.75, 3.05) is 6.61 Å². The van der Waals surface area contributed by atoms with Crippen LogP contribution in [0.5, 0.6) is 0 Å². The van der Waals surface area contributed by atoms with Gasteiger partial charge in [-0.3, -0.25) is 9.69 Å². The first-order valence-electron chi connectivity index (χ1n) is 12.3. The molecule has 1 N–H and O–H groups in total. The first-order valence-corrected chi connectivity index (χ1v) is 14.5. The van der Waals surface area contributed by atoms with Crippen LogP contribution >= 0.6 is 0 Å². The lowest BCUT2D eigenvalue weighted by Crippen LogP contribution is -2.63. The van der Waals surface area contributed by atoms with Crippen LogP contribution in [0, 0.1) is 0 Å². The van der Waals surface area contributed by atoms with Gasteiger partial charge in [-0.2, -0.15) is 0 Å². The summed E-state index contributed by atoms with van der Waals surface area (Å²) in [6.07, 6.45) is -0.820. The van der Waals surface area contributed by atoms with E-state index in [2.05, 4.69) is 46.9 Å². The monoisotopic (exact) mass is 500 g/mol. The summed E-state index contributed by atoms with van der Waals surface area (Å²) < 4.78 is 24.2. The van der Waals surface area contributed by atoms with E-state index in [0.29, 0.717) is 22.4 Å². The largest absolute Gasteiger partial charge is 0.466 e. The summed E-state index contributed by atoms with van der Waals surface area (Å²) >= 11 is 0. The summed E-state index contributed by atoms with van der Waals surface area (Å²) in [4.78, 5) is 28.0. The Balaban J connectivity index is 1.68. The molecule has 0 bridgehead atoms. The third kappa shape index (κ3) is 4.64. The van der Waals surface area contributed by atoms with Gasteiger partial charge in [0.25, 0.3) is 0 Å². The molecule has 1 aromatic heterocycles. The van der Waals surface area contributed by atoms with Gasteiger partial charge in [0.05, 0.1) is 12.3 Å². The molecule has 2 fully saturated rings. The maximum absolute atomic E-state index is 13.7. The number of hydrogen-bond acceptors (Lipinski definition) is 6. The van der Waals surface area contributed by atoms with Crippen LogP contribution in [-0.2, 0) is 18.7 Å². The van der Waals surface area contributed by atoms with E-state index in [9.17, 15) is 9.59 Å². The van der Waals surface area contributed by atoms with E-state index < -0.39 is 39.0 Å². The number of carbonyl (C=O) groups is 2. The van der Waals surface area contributed by atoms with Crippen LogP contribution in [0.15, 0.2) is 53.1 Å². The number of benzene rings is 1. The van der Waals surface area contributed by atoms with Crippen molar-refractivity contribution in [3.63, 3.8) is 0 Å². The van der Waals surface area contributed by atoms with E-state index in [1.54, 1.807) is 12.1 Å². The average molecular weight is 501 g/mol. The van der Waals surface area contributed by atoms with Gasteiger partial charge in [0, 0.05) is 0 Å². The molecule has 9 heteroatoms. The smallest absolute Gasteiger partial charge is 0.411 e. The molecule has 4 rings (SSSR count). The normalized spacial score (nSPS) is 25.5. The van der Waals surface area contributed by atoms with Gasteiger partial charge < -0.3 is 23.6 Å². The highest BCUT2D eigenvalue weighted by Gasteiger charge is 2.54. The van der Waals surface area contributed by atoms with Gasteiger partial charge in [0.15, 0.2) is 0 Å². The Morgan fingerprint density at radius 3 is 2.20 bits per heavy atom. The van der Waals surface area contributed by atoms with Crippen molar-refractivity contribution in [3.05, 3.63) is 60.1 Å². The number of nitrogens with one attached hydrogen (secondary N) is 1. The fourth-order valence-electron chi connectivity index (χ4n) is 5.85. The van der Waals surface area contributed by atoms with Crippen LogP contribution in [0.1, 0.15) is 65.0 Å². The Hall–Kier alpha value is -2.62. The molecule has 2 aromatic rings. The molecular weight excluding hydrogens is 464 g/mol. The standard InChI is InChI=1S/C26H36N2O6Si/c1-16(2)35(17(3)4,18(5)6)34-25-27-24(29)22(23(33-25)21-13-10-14-31-21)28-20(15-32-26(28)30)19-11-8-7-9-12-19/h7-14,16-18,20,22-23,25H,15H2,1-6H3,(H,27,29)/t20-,22?,23?,25-/m1/s1. The van der Waals surface area contributed by atoms with E-state index in [1.807, 2.05) is 30.3 Å². The topological polar surface area (TPSA) is 90.2 Å². The summed E-state index contributed by atoms with van der Waals surface area (Å²) in [5.41, 5.74) is 1.80. The number of rotatable bonds is 8. The summed E-state index contributed by atoms with van der Waals surface area (Å²) in [5.74, 6) is 0.0949. The van der Waals surface area contributed by atoms with Crippen LogP contribution in [0.25, 0.3) is 0 Å². The number of amides is 2. The molecule has 0 saturated carbocycles. The molecule has 35 heavy (non-hydrogen) atoms. The molecule has 2 saturated heterocycles. The predicted molar refractivity (Wildman–Crippen MR) is 133 cm³/mol. The van der Waals surface area contributed by atoms with Gasteiger partial charge in [-0.25, -0.2) is 4.79 Å². The van der Waals surface area contributed by atoms with Gasteiger partial charge >= 0.3 is 6.09 Å². The van der Waals surface area contributed by atoms with Crippen molar-refractivity contribution in [1.82, 2.24) is 10.2 Å². The minimum absolute atomic E-state index is 0.154. The maximum Gasteiger partial charge on any atom is 0.411 e. The summed E-state index contributed by atoms with van der Waals surface area (Å²) in [6.45, 7) is 13.2. The summed E-state index contributed by atoms with van der Waals surface area (Å²) in [7, 11) is -2.37. The van der Waals surface area contributed by atoms with E-state index >= 15 is 0 Å². The predicted octanol–water partition coefficient (Wildman–Crippen LogP) is 5.50. The fraction of sp³-hybridized carbons (Fsp3) is 0.538. The van der Waals surface area contributed by atoms with E-state index in [4.69, 9.17) is 18.3 Å². The number of ether oxygens (including phenoxy) is 2. The highest BCUT2D eigenvalue weighted by molar-refractivity contribution is 6.77. The lowest BCUT2D eigenvalue weighted by Gasteiger charge is -2.47. The van der Waals surface area contributed by atoms with Crippen molar-refractivity contribution < 1.29 is 27.9 Å². The van der Waals surface area contributed by atoms with Crippen LogP contribution in [0.4, 0.5) is 4.79 Å². The molecule has 1 aromatic carbocycles. The number of hydrogen-bond donors (Lipinski definition) is 1. The zero-order chi connectivity index (χ0) is 25.3. The third-order valence-corrected chi connectivity index (χ3v) is 13.4. The lowest BCUT2D eigenvalue weighted by molar-refractivity contribution is -0.202. The maximum atomic E-state index is 13.7. The zero-order valence-electron chi connectivity index (χ0n) is 21.3. The van der Waals surface area contributed by atoms with Crippen molar-refractivity contribution in [1.29, 1.82) is 0 Å². The van der Waals surface area contributed by atoms with Crippen molar-refractivity contribution in [2.45, 2.75) is 82.8 Å². The lowest BCUT2D eigenvalue weighted by atomic mass is 10.00. The molecule has 0 aliphatic carbocycles.